The molecule has 0 aliphatic rings. The second-order valence-corrected chi connectivity index (χ2v) is 7.33. The summed E-state index contributed by atoms with van der Waals surface area (Å²) in [5.41, 5.74) is 2.99. The minimum Gasteiger partial charge on any atom is -0.508 e. The minimum absolute atomic E-state index is 0.176. The van der Waals surface area contributed by atoms with Crippen molar-refractivity contribution in [1.82, 2.24) is 0 Å². The van der Waals surface area contributed by atoms with Gasteiger partial charge in [-0.05, 0) is 70.8 Å². The van der Waals surface area contributed by atoms with Crippen LogP contribution in [0.2, 0.25) is 5.02 Å². The Hall–Kier alpha value is -3.43. The maximum Gasteiger partial charge on any atom is 0.115 e. The lowest BCUT2D eigenvalue weighted by molar-refractivity contribution is 0.474. The molecular formula is C25H19ClO3. The third-order valence-electron chi connectivity index (χ3n) is 5.18. The van der Waals surface area contributed by atoms with Crippen LogP contribution in [-0.4, -0.2) is 15.3 Å². The van der Waals surface area contributed by atoms with Gasteiger partial charge >= 0.3 is 0 Å². The lowest BCUT2D eigenvalue weighted by Gasteiger charge is -2.37. The first kappa shape index (κ1) is 18.9. The fraction of sp³-hybridized carbons (Fsp3) is 0.0400. The maximum absolute atomic E-state index is 9.86. The zero-order chi connectivity index (χ0) is 20.4. The van der Waals surface area contributed by atoms with Crippen LogP contribution in [0.15, 0.2) is 97.1 Å². The molecule has 0 bridgehead atoms. The van der Waals surface area contributed by atoms with Crippen LogP contribution in [0, 0.1) is 0 Å². The van der Waals surface area contributed by atoms with E-state index < -0.39 is 5.41 Å². The first-order valence-corrected chi connectivity index (χ1v) is 9.52. The second kappa shape index (κ2) is 7.53. The second-order valence-electron chi connectivity index (χ2n) is 6.90. The molecule has 4 heteroatoms. The Morgan fingerprint density at radius 3 is 0.931 bits per heavy atom. The Morgan fingerprint density at radius 2 is 0.655 bits per heavy atom. The lowest BCUT2D eigenvalue weighted by Crippen LogP contribution is -2.30. The van der Waals surface area contributed by atoms with Gasteiger partial charge in [0.2, 0.25) is 0 Å². The molecule has 0 fully saturated rings. The minimum atomic E-state index is -0.750. The van der Waals surface area contributed by atoms with Gasteiger partial charge in [0.15, 0.2) is 0 Å². The molecule has 0 heterocycles. The zero-order valence-electron chi connectivity index (χ0n) is 15.5. The maximum atomic E-state index is 9.86. The van der Waals surface area contributed by atoms with E-state index in [2.05, 4.69) is 0 Å². The van der Waals surface area contributed by atoms with Crippen molar-refractivity contribution < 1.29 is 15.3 Å². The van der Waals surface area contributed by atoms with Gasteiger partial charge in [0, 0.05) is 5.02 Å². The summed E-state index contributed by atoms with van der Waals surface area (Å²) in [6, 6.07) is 28.8. The van der Waals surface area contributed by atoms with Crippen LogP contribution in [0.4, 0.5) is 0 Å². The number of benzene rings is 4. The van der Waals surface area contributed by atoms with Crippen LogP contribution < -0.4 is 0 Å². The topological polar surface area (TPSA) is 60.7 Å². The summed E-state index contributed by atoms with van der Waals surface area (Å²) in [4.78, 5) is 0. The standard InChI is InChI=1S/C25H19ClO3/c26-21-9-1-17(2-10-21)25(18-3-11-22(27)12-4-18,19-5-13-23(28)14-6-19)20-7-15-24(29)16-8-20/h1-16,27-29H. The third kappa shape index (κ3) is 3.41. The monoisotopic (exact) mass is 402 g/mol. The van der Waals surface area contributed by atoms with Gasteiger partial charge in [-0.2, -0.15) is 0 Å². The van der Waals surface area contributed by atoms with E-state index in [0.717, 1.165) is 22.3 Å². The van der Waals surface area contributed by atoms with E-state index in [-0.39, 0.29) is 17.2 Å². The van der Waals surface area contributed by atoms with Crippen molar-refractivity contribution in [2.75, 3.05) is 0 Å². The Morgan fingerprint density at radius 1 is 0.414 bits per heavy atom. The van der Waals surface area contributed by atoms with E-state index in [9.17, 15) is 15.3 Å². The van der Waals surface area contributed by atoms with Crippen molar-refractivity contribution in [3.05, 3.63) is 124 Å². The first-order chi connectivity index (χ1) is 14.0. The fourth-order valence-electron chi connectivity index (χ4n) is 3.83. The van der Waals surface area contributed by atoms with E-state index in [1.165, 1.54) is 0 Å². The highest BCUT2D eigenvalue weighted by atomic mass is 35.5. The van der Waals surface area contributed by atoms with Crippen LogP contribution in [-0.2, 0) is 5.41 Å². The van der Waals surface area contributed by atoms with Crippen LogP contribution in [0.25, 0.3) is 0 Å². The number of hydrogen-bond donors (Lipinski definition) is 3. The Bertz CT molecular complexity index is 913. The molecule has 29 heavy (non-hydrogen) atoms. The SMILES string of the molecule is Oc1ccc(C(c2ccc(O)cc2)(c2ccc(O)cc2)c2ccc(Cl)cc2)cc1. The van der Waals surface area contributed by atoms with Gasteiger partial charge in [0.1, 0.15) is 17.2 Å². The van der Waals surface area contributed by atoms with E-state index in [1.54, 1.807) is 36.4 Å². The molecule has 0 radical (unpaired) electrons. The van der Waals surface area contributed by atoms with Gasteiger partial charge in [-0.3, -0.25) is 0 Å². The fourth-order valence-corrected chi connectivity index (χ4v) is 3.96. The van der Waals surface area contributed by atoms with E-state index in [0.29, 0.717) is 5.02 Å². The number of halogens is 1. The van der Waals surface area contributed by atoms with Crippen molar-refractivity contribution in [3.8, 4) is 17.2 Å². The predicted octanol–water partition coefficient (Wildman–Crippen LogP) is 5.84. The zero-order valence-corrected chi connectivity index (χ0v) is 16.2. The molecule has 0 aliphatic heterocycles. The molecule has 0 spiro atoms. The Balaban J connectivity index is 2.11. The van der Waals surface area contributed by atoms with Crippen LogP contribution >= 0.6 is 11.6 Å². The molecule has 0 aliphatic carbocycles. The average molecular weight is 403 g/mol. The molecular weight excluding hydrogens is 384 g/mol. The molecule has 0 saturated carbocycles. The molecule has 0 atom stereocenters. The quantitative estimate of drug-likeness (QED) is 0.376. The van der Waals surface area contributed by atoms with Gasteiger partial charge in [0.05, 0.1) is 5.41 Å². The van der Waals surface area contributed by atoms with E-state index in [4.69, 9.17) is 11.6 Å². The van der Waals surface area contributed by atoms with Gasteiger partial charge < -0.3 is 15.3 Å². The molecule has 144 valence electrons. The molecule has 0 aromatic heterocycles. The predicted molar refractivity (Wildman–Crippen MR) is 115 cm³/mol. The van der Waals surface area contributed by atoms with Crippen molar-refractivity contribution in [2.24, 2.45) is 0 Å². The number of aromatic hydroxyl groups is 3. The van der Waals surface area contributed by atoms with Crippen LogP contribution in [0.5, 0.6) is 17.2 Å². The van der Waals surface area contributed by atoms with Crippen LogP contribution in [0.1, 0.15) is 22.3 Å². The Labute approximate surface area is 174 Å². The highest BCUT2D eigenvalue weighted by Crippen LogP contribution is 2.46. The summed E-state index contributed by atoms with van der Waals surface area (Å²) in [5, 5.41) is 30.2. The summed E-state index contributed by atoms with van der Waals surface area (Å²) in [5.74, 6) is 0.528. The number of rotatable bonds is 4. The van der Waals surface area contributed by atoms with Crippen molar-refractivity contribution in [1.29, 1.82) is 0 Å². The summed E-state index contributed by atoms with van der Waals surface area (Å²) < 4.78 is 0. The highest BCUT2D eigenvalue weighted by molar-refractivity contribution is 6.30. The molecule has 4 aromatic carbocycles. The number of phenols is 3. The molecule has 0 saturated heterocycles. The molecule has 4 aromatic rings. The molecule has 0 unspecified atom stereocenters. The molecule has 4 rings (SSSR count). The highest BCUT2D eigenvalue weighted by Gasteiger charge is 2.38. The normalized spacial score (nSPS) is 11.3. The van der Waals surface area contributed by atoms with Gasteiger partial charge in [-0.15, -0.1) is 0 Å². The summed E-state index contributed by atoms with van der Waals surface area (Å²) in [6.07, 6.45) is 0. The molecule has 3 nitrogen and oxygen atoms in total. The molecule has 3 N–H and O–H groups in total. The van der Waals surface area contributed by atoms with Gasteiger partial charge in [-0.1, -0.05) is 60.1 Å². The third-order valence-corrected chi connectivity index (χ3v) is 5.43. The largest absolute Gasteiger partial charge is 0.508 e. The first-order valence-electron chi connectivity index (χ1n) is 9.15. The summed E-state index contributed by atoms with van der Waals surface area (Å²) in [7, 11) is 0. The molecule has 0 amide bonds. The average Bonchev–Trinajstić information content (AvgIpc) is 2.73. The van der Waals surface area contributed by atoms with Crippen molar-refractivity contribution in [3.63, 3.8) is 0 Å². The Kier molecular flexibility index (Phi) is 4.91. The lowest BCUT2D eigenvalue weighted by atomic mass is 9.65. The van der Waals surface area contributed by atoms with Gasteiger partial charge in [0.25, 0.3) is 0 Å². The smallest absolute Gasteiger partial charge is 0.115 e. The summed E-state index contributed by atoms with van der Waals surface area (Å²) >= 11 is 6.16. The van der Waals surface area contributed by atoms with Crippen molar-refractivity contribution >= 4 is 11.6 Å². The number of hydrogen-bond acceptors (Lipinski definition) is 3. The van der Waals surface area contributed by atoms with E-state index >= 15 is 0 Å². The summed E-state index contributed by atoms with van der Waals surface area (Å²) in [6.45, 7) is 0. The van der Waals surface area contributed by atoms with E-state index in [1.807, 2.05) is 60.7 Å². The van der Waals surface area contributed by atoms with Crippen LogP contribution in [0.3, 0.4) is 0 Å². The van der Waals surface area contributed by atoms with Gasteiger partial charge in [-0.25, -0.2) is 0 Å². The number of phenolic OH excluding ortho intramolecular Hbond substituents is 3. The van der Waals surface area contributed by atoms with Crippen molar-refractivity contribution in [2.45, 2.75) is 5.41 Å².